The molecule has 0 fully saturated rings. The number of carbonyl (C=O) groups excluding carboxylic acids is 2. The number of anilines is 4. The van der Waals surface area contributed by atoms with E-state index < -0.39 is 23.7 Å². The van der Waals surface area contributed by atoms with Gasteiger partial charge in [0.1, 0.15) is 11.6 Å². The lowest BCUT2D eigenvalue weighted by atomic mass is 10.1. The molecule has 0 spiro atoms. The van der Waals surface area contributed by atoms with Crippen molar-refractivity contribution in [2.45, 2.75) is 32.6 Å². The predicted molar refractivity (Wildman–Crippen MR) is 136 cm³/mol. The van der Waals surface area contributed by atoms with Crippen LogP contribution in [0.25, 0.3) is 0 Å². The molecule has 0 unspecified atom stereocenters. The van der Waals surface area contributed by atoms with Crippen molar-refractivity contribution in [1.29, 1.82) is 0 Å². The van der Waals surface area contributed by atoms with Crippen LogP contribution in [0, 0.1) is 5.82 Å². The summed E-state index contributed by atoms with van der Waals surface area (Å²) in [7, 11) is 0. The van der Waals surface area contributed by atoms with Crippen LogP contribution >= 0.6 is 0 Å². The molecule has 5 N–H and O–H groups in total. The lowest BCUT2D eigenvalue weighted by molar-refractivity contribution is -0.137. The summed E-state index contributed by atoms with van der Waals surface area (Å²) in [4.78, 5) is 39.7. The topological polar surface area (TPSA) is 132 Å². The third-order valence-corrected chi connectivity index (χ3v) is 5.15. The molecular formula is C26H28FN5O4. The Kier molecular flexibility index (Phi) is 9.33. The Morgan fingerprint density at radius 3 is 2.44 bits per heavy atom. The molecule has 0 saturated heterocycles. The van der Waals surface area contributed by atoms with Gasteiger partial charge in [0.2, 0.25) is 0 Å². The van der Waals surface area contributed by atoms with Gasteiger partial charge < -0.3 is 21.1 Å². The van der Waals surface area contributed by atoms with Crippen LogP contribution in [-0.4, -0.2) is 34.5 Å². The van der Waals surface area contributed by atoms with Crippen LogP contribution in [0.5, 0.6) is 0 Å². The molecule has 3 aromatic rings. The minimum absolute atomic E-state index is 0.145. The summed E-state index contributed by atoms with van der Waals surface area (Å²) in [5, 5.41) is 19.8. The first-order valence-corrected chi connectivity index (χ1v) is 11.5. The van der Waals surface area contributed by atoms with E-state index in [-0.39, 0.29) is 17.8 Å². The van der Waals surface area contributed by atoms with E-state index in [4.69, 9.17) is 5.11 Å². The number of aromatic nitrogens is 1. The zero-order chi connectivity index (χ0) is 25.9. The van der Waals surface area contributed by atoms with Gasteiger partial charge in [-0.1, -0.05) is 18.2 Å². The lowest BCUT2D eigenvalue weighted by Crippen LogP contribution is -2.28. The van der Waals surface area contributed by atoms with Crippen LogP contribution < -0.4 is 21.3 Å². The third-order valence-electron chi connectivity index (χ3n) is 5.15. The first kappa shape index (κ1) is 26.1. The Balaban J connectivity index is 1.74. The molecule has 0 aliphatic heterocycles. The molecule has 0 saturated carbocycles. The van der Waals surface area contributed by atoms with Crippen molar-refractivity contribution in [3.8, 4) is 0 Å². The molecule has 3 amide bonds. The van der Waals surface area contributed by atoms with Crippen molar-refractivity contribution in [2.24, 2.45) is 0 Å². The minimum Gasteiger partial charge on any atom is -0.481 e. The van der Waals surface area contributed by atoms with E-state index in [0.29, 0.717) is 30.0 Å². The summed E-state index contributed by atoms with van der Waals surface area (Å²) in [6.45, 7) is 2.21. The maximum Gasteiger partial charge on any atom is 0.320 e. The molecule has 2 aromatic carbocycles. The quantitative estimate of drug-likeness (QED) is 0.235. The molecule has 0 atom stereocenters. The summed E-state index contributed by atoms with van der Waals surface area (Å²) >= 11 is 0. The van der Waals surface area contributed by atoms with Crippen LogP contribution in [0.15, 0.2) is 60.8 Å². The SMILES string of the molecule is CCNC(=O)Nc1cc(Nc2cccc(F)c2)c(C(=O)Nc2ccc(CCCCC(=O)O)cc2)cn1. The normalized spacial score (nSPS) is 10.4. The number of hydrogen-bond acceptors (Lipinski definition) is 5. The van der Waals surface area contributed by atoms with Crippen molar-refractivity contribution in [2.75, 3.05) is 22.5 Å². The average molecular weight is 494 g/mol. The van der Waals surface area contributed by atoms with Gasteiger partial charge >= 0.3 is 12.0 Å². The number of carboxylic acid groups (broad SMARTS) is 1. The Labute approximate surface area is 208 Å². The summed E-state index contributed by atoms with van der Waals surface area (Å²) in [5.41, 5.74) is 2.55. The number of carboxylic acids is 1. The van der Waals surface area contributed by atoms with E-state index in [1.165, 1.54) is 30.5 Å². The zero-order valence-corrected chi connectivity index (χ0v) is 19.8. The van der Waals surface area contributed by atoms with Crippen LogP contribution in [0.4, 0.5) is 32.1 Å². The van der Waals surface area contributed by atoms with E-state index in [9.17, 15) is 18.8 Å². The maximum absolute atomic E-state index is 13.7. The number of hydrogen-bond donors (Lipinski definition) is 5. The van der Waals surface area contributed by atoms with E-state index in [2.05, 4.69) is 26.3 Å². The lowest BCUT2D eigenvalue weighted by Gasteiger charge is -2.14. The van der Waals surface area contributed by atoms with Gasteiger partial charge in [0, 0.05) is 36.6 Å². The molecule has 188 valence electrons. The molecule has 36 heavy (non-hydrogen) atoms. The molecule has 1 aromatic heterocycles. The number of nitrogens with one attached hydrogen (secondary N) is 4. The fourth-order valence-electron chi connectivity index (χ4n) is 3.41. The van der Waals surface area contributed by atoms with Crippen molar-refractivity contribution in [1.82, 2.24) is 10.3 Å². The summed E-state index contributed by atoms with van der Waals surface area (Å²) in [6.07, 6.45) is 3.58. The number of rotatable bonds is 11. The molecule has 3 rings (SSSR count). The minimum atomic E-state index is -0.804. The van der Waals surface area contributed by atoms with Crippen LogP contribution in [0.1, 0.15) is 42.1 Å². The van der Waals surface area contributed by atoms with Gasteiger partial charge in [-0.25, -0.2) is 14.2 Å². The van der Waals surface area contributed by atoms with Gasteiger partial charge in [-0.15, -0.1) is 0 Å². The van der Waals surface area contributed by atoms with E-state index in [1.54, 1.807) is 25.1 Å². The smallest absolute Gasteiger partial charge is 0.320 e. The Hall–Kier alpha value is -4.47. The number of amides is 3. The number of aryl methyl sites for hydroxylation is 1. The van der Waals surface area contributed by atoms with Crippen molar-refractivity contribution in [3.63, 3.8) is 0 Å². The van der Waals surface area contributed by atoms with Gasteiger partial charge in [-0.3, -0.25) is 14.9 Å². The number of pyridine rings is 1. The first-order valence-electron chi connectivity index (χ1n) is 11.5. The Bertz CT molecular complexity index is 1220. The third kappa shape index (κ3) is 8.08. The molecule has 0 aliphatic rings. The molecule has 0 aliphatic carbocycles. The van der Waals surface area contributed by atoms with E-state index >= 15 is 0 Å². The van der Waals surface area contributed by atoms with E-state index in [1.807, 2.05) is 12.1 Å². The summed E-state index contributed by atoms with van der Waals surface area (Å²) in [6, 6.07) is 14.1. The highest BCUT2D eigenvalue weighted by Crippen LogP contribution is 2.25. The van der Waals surface area contributed by atoms with Gasteiger partial charge in [-0.05, 0) is 62.1 Å². The standard InChI is InChI=1S/C26H28FN5O4/c1-2-28-26(36)32-23-15-22(30-20-8-5-7-18(27)14-20)21(16-29-23)25(35)31-19-12-10-17(11-13-19)6-3-4-9-24(33)34/h5,7-8,10-16H,2-4,6,9H2,1H3,(H,31,35)(H,33,34)(H3,28,29,30,32,36). The number of halogens is 1. The van der Waals surface area contributed by atoms with E-state index in [0.717, 1.165) is 18.4 Å². The fraction of sp³-hybridized carbons (Fsp3) is 0.231. The molecule has 10 heteroatoms. The van der Waals surface area contributed by atoms with Crippen molar-refractivity contribution >= 4 is 40.8 Å². The number of urea groups is 1. The van der Waals surface area contributed by atoms with Crippen LogP contribution in [0.2, 0.25) is 0 Å². The molecule has 0 radical (unpaired) electrons. The highest BCUT2D eigenvalue weighted by atomic mass is 19.1. The van der Waals surface area contributed by atoms with Crippen LogP contribution in [0.3, 0.4) is 0 Å². The maximum atomic E-state index is 13.7. The van der Waals surface area contributed by atoms with Crippen LogP contribution in [-0.2, 0) is 11.2 Å². The molecule has 9 nitrogen and oxygen atoms in total. The number of benzene rings is 2. The highest BCUT2D eigenvalue weighted by Gasteiger charge is 2.15. The predicted octanol–water partition coefficient (Wildman–Crippen LogP) is 5.16. The van der Waals surface area contributed by atoms with Crippen molar-refractivity contribution < 1.29 is 23.9 Å². The molecule has 0 bridgehead atoms. The second-order valence-corrected chi connectivity index (χ2v) is 7.99. The zero-order valence-electron chi connectivity index (χ0n) is 19.8. The number of nitrogens with zero attached hydrogens (tertiary/aromatic N) is 1. The molecule has 1 heterocycles. The largest absolute Gasteiger partial charge is 0.481 e. The highest BCUT2D eigenvalue weighted by molar-refractivity contribution is 6.08. The molecular weight excluding hydrogens is 465 g/mol. The van der Waals surface area contributed by atoms with Gasteiger partial charge in [0.25, 0.3) is 5.91 Å². The second kappa shape index (κ2) is 12.8. The number of carbonyl (C=O) groups is 3. The van der Waals surface area contributed by atoms with Gasteiger partial charge in [0.15, 0.2) is 0 Å². The number of aliphatic carboxylic acids is 1. The summed E-state index contributed by atoms with van der Waals surface area (Å²) < 4.78 is 13.7. The van der Waals surface area contributed by atoms with Crippen molar-refractivity contribution in [3.05, 3.63) is 77.7 Å². The fourth-order valence-corrected chi connectivity index (χ4v) is 3.41. The Morgan fingerprint density at radius 1 is 0.972 bits per heavy atom. The average Bonchev–Trinajstić information content (AvgIpc) is 2.83. The summed E-state index contributed by atoms with van der Waals surface area (Å²) in [5.74, 6) is -1.48. The Morgan fingerprint density at radius 2 is 1.75 bits per heavy atom. The monoisotopic (exact) mass is 493 g/mol. The van der Waals surface area contributed by atoms with Gasteiger partial charge in [0.05, 0.1) is 11.3 Å². The van der Waals surface area contributed by atoms with Gasteiger partial charge in [-0.2, -0.15) is 0 Å². The second-order valence-electron chi connectivity index (χ2n) is 7.99. The number of unbranched alkanes of at least 4 members (excludes halogenated alkanes) is 1. The first-order chi connectivity index (χ1) is 17.3.